The quantitative estimate of drug-likeness (QED) is 0.397. The van der Waals surface area contributed by atoms with E-state index in [1.807, 2.05) is 6.20 Å². The molecule has 1 aliphatic carbocycles. The third-order valence-electron chi connectivity index (χ3n) is 6.57. The summed E-state index contributed by atoms with van der Waals surface area (Å²) in [6.07, 6.45) is 7.43. The fraction of sp³-hybridized carbons (Fsp3) is 0.308. The fourth-order valence-electron chi connectivity index (χ4n) is 4.84. The van der Waals surface area contributed by atoms with Gasteiger partial charge in [0.25, 0.3) is 0 Å². The average molecular weight is 456 g/mol. The molecule has 0 radical (unpaired) electrons. The van der Waals surface area contributed by atoms with E-state index in [-0.39, 0.29) is 11.5 Å². The van der Waals surface area contributed by atoms with Crippen LogP contribution in [0.25, 0.3) is 27.9 Å². The summed E-state index contributed by atoms with van der Waals surface area (Å²) in [5.74, 6) is 0.615. The van der Waals surface area contributed by atoms with E-state index in [1.165, 1.54) is 34.4 Å². The molecular weight excluding hydrogens is 429 g/mol. The van der Waals surface area contributed by atoms with Crippen molar-refractivity contribution < 1.29 is 4.39 Å². The van der Waals surface area contributed by atoms with E-state index < -0.39 is 5.82 Å². The minimum atomic E-state index is -0.417. The highest BCUT2D eigenvalue weighted by Gasteiger charge is 2.26. The van der Waals surface area contributed by atoms with Gasteiger partial charge in [0, 0.05) is 40.0 Å². The highest BCUT2D eigenvalue weighted by Crippen LogP contribution is 2.32. The van der Waals surface area contributed by atoms with Crippen LogP contribution in [0.4, 0.5) is 10.3 Å². The van der Waals surface area contributed by atoms with Crippen molar-refractivity contribution in [2.45, 2.75) is 51.5 Å². The first kappa shape index (κ1) is 20.8. The van der Waals surface area contributed by atoms with Crippen LogP contribution in [0.1, 0.15) is 44.0 Å². The molecule has 8 heteroatoms. The Morgan fingerprint density at radius 1 is 1.12 bits per heavy atom. The second kappa shape index (κ2) is 7.62. The number of rotatable bonds is 3. The monoisotopic (exact) mass is 455 g/mol. The molecule has 1 aromatic carbocycles. The minimum absolute atomic E-state index is 0.158. The Balaban J connectivity index is 1.43. The van der Waals surface area contributed by atoms with Gasteiger partial charge in [0.05, 0.1) is 12.4 Å². The summed E-state index contributed by atoms with van der Waals surface area (Å²) in [6.45, 7) is 6.38. The zero-order valence-electron chi connectivity index (χ0n) is 19.4. The lowest BCUT2D eigenvalue weighted by Crippen LogP contribution is -2.29. The topological polar surface area (TPSA) is 83.8 Å². The van der Waals surface area contributed by atoms with Crippen LogP contribution in [0.5, 0.6) is 0 Å². The van der Waals surface area contributed by atoms with Gasteiger partial charge in [-0.05, 0) is 42.4 Å². The number of anilines is 1. The first-order valence-corrected chi connectivity index (χ1v) is 11.6. The zero-order chi connectivity index (χ0) is 23.4. The van der Waals surface area contributed by atoms with Crippen molar-refractivity contribution in [2.24, 2.45) is 0 Å². The first-order valence-electron chi connectivity index (χ1n) is 11.6. The molecule has 172 valence electrons. The van der Waals surface area contributed by atoms with Crippen molar-refractivity contribution in [3.8, 4) is 11.4 Å². The number of aromatic nitrogens is 6. The molecule has 4 heterocycles. The number of para-hydroxylation sites is 1. The van der Waals surface area contributed by atoms with Crippen LogP contribution >= 0.6 is 0 Å². The van der Waals surface area contributed by atoms with Crippen molar-refractivity contribution in [1.82, 2.24) is 29.5 Å². The number of H-pyrrole nitrogens is 1. The average Bonchev–Trinajstić information content (AvgIpc) is 3.41. The van der Waals surface area contributed by atoms with Crippen molar-refractivity contribution in [2.75, 3.05) is 5.32 Å². The molecule has 1 unspecified atom stereocenters. The Bertz CT molecular complexity index is 1530. The van der Waals surface area contributed by atoms with Gasteiger partial charge in [-0.15, -0.1) is 0 Å². The molecule has 0 fully saturated rings. The van der Waals surface area contributed by atoms with Crippen molar-refractivity contribution in [1.29, 1.82) is 0 Å². The predicted molar refractivity (Wildman–Crippen MR) is 130 cm³/mol. The summed E-state index contributed by atoms with van der Waals surface area (Å²) >= 11 is 0. The van der Waals surface area contributed by atoms with Gasteiger partial charge in [-0.2, -0.15) is 14.6 Å². The normalized spacial score (nSPS) is 16.2. The van der Waals surface area contributed by atoms with Gasteiger partial charge in [-0.25, -0.2) is 9.37 Å². The molecule has 1 aliphatic rings. The van der Waals surface area contributed by atoms with Crippen LogP contribution in [-0.2, 0) is 18.3 Å². The van der Waals surface area contributed by atoms with Gasteiger partial charge < -0.3 is 10.3 Å². The molecule has 34 heavy (non-hydrogen) atoms. The number of aromatic amines is 1. The largest absolute Gasteiger partial charge is 0.358 e. The molecule has 1 atom stereocenters. The van der Waals surface area contributed by atoms with Crippen molar-refractivity contribution in [3.63, 3.8) is 0 Å². The van der Waals surface area contributed by atoms with E-state index in [9.17, 15) is 4.39 Å². The standard InChI is InChI=1S/C26H26FN7/c1-26(2,3)20-14-29-34-24(20)32-23(15-10-16(27)13-28-12-15)33-25(34)30-17-8-9-22-19(11-17)18-6-4-5-7-21(18)31-22/h4-7,10,12-14,17,31H,8-9,11H2,1-3H3,(H,30,32,33). The lowest BCUT2D eigenvalue weighted by Gasteiger charge is -2.24. The molecule has 0 saturated carbocycles. The number of hydrogen-bond acceptors (Lipinski definition) is 5. The molecule has 4 aromatic heterocycles. The molecule has 6 rings (SSSR count). The summed E-state index contributed by atoms with van der Waals surface area (Å²) in [5.41, 5.74) is 5.95. The number of hydrogen-bond donors (Lipinski definition) is 2. The highest BCUT2D eigenvalue weighted by molar-refractivity contribution is 5.85. The summed E-state index contributed by atoms with van der Waals surface area (Å²) in [4.78, 5) is 17.1. The first-order chi connectivity index (χ1) is 16.4. The zero-order valence-corrected chi connectivity index (χ0v) is 19.4. The minimum Gasteiger partial charge on any atom is -0.358 e. The Labute approximate surface area is 196 Å². The summed E-state index contributed by atoms with van der Waals surface area (Å²) in [5, 5.41) is 9.53. The number of aryl methyl sites for hydroxylation is 1. The lowest BCUT2D eigenvalue weighted by atomic mass is 9.89. The van der Waals surface area contributed by atoms with E-state index in [2.05, 4.69) is 65.4 Å². The second-order valence-electron chi connectivity index (χ2n) is 10.0. The SMILES string of the molecule is CC(C)(C)c1cnn2c(NC3CCc4[nH]c5ccccc5c4C3)nc(-c3cncc(F)c3)nc12. The van der Waals surface area contributed by atoms with Gasteiger partial charge in [-0.1, -0.05) is 39.0 Å². The molecule has 0 amide bonds. The summed E-state index contributed by atoms with van der Waals surface area (Å²) in [7, 11) is 0. The smallest absolute Gasteiger partial charge is 0.228 e. The number of fused-ring (bicyclic) bond motifs is 4. The second-order valence-corrected chi connectivity index (χ2v) is 10.0. The Morgan fingerprint density at radius 3 is 2.79 bits per heavy atom. The van der Waals surface area contributed by atoms with E-state index in [1.54, 1.807) is 10.7 Å². The predicted octanol–water partition coefficient (Wildman–Crippen LogP) is 5.07. The third-order valence-corrected chi connectivity index (χ3v) is 6.57. The maximum Gasteiger partial charge on any atom is 0.228 e. The maximum absolute atomic E-state index is 13.9. The van der Waals surface area contributed by atoms with Gasteiger partial charge >= 0.3 is 0 Å². The van der Waals surface area contributed by atoms with Gasteiger partial charge in [0.2, 0.25) is 5.95 Å². The summed E-state index contributed by atoms with van der Waals surface area (Å²) in [6, 6.07) is 10.0. The number of halogens is 1. The van der Waals surface area contributed by atoms with Crippen molar-refractivity contribution in [3.05, 3.63) is 71.6 Å². The Kier molecular flexibility index (Phi) is 4.65. The number of nitrogens with zero attached hydrogens (tertiary/aromatic N) is 5. The Hall–Kier alpha value is -3.81. The third kappa shape index (κ3) is 3.50. The molecule has 0 spiro atoms. The molecular formula is C26H26FN7. The van der Waals surface area contributed by atoms with Crippen LogP contribution < -0.4 is 5.32 Å². The van der Waals surface area contributed by atoms with Gasteiger partial charge in [0.15, 0.2) is 11.5 Å². The van der Waals surface area contributed by atoms with Crippen molar-refractivity contribution >= 4 is 22.5 Å². The van der Waals surface area contributed by atoms with Crippen LogP contribution in [-0.4, -0.2) is 35.6 Å². The summed E-state index contributed by atoms with van der Waals surface area (Å²) < 4.78 is 15.7. The molecule has 0 bridgehead atoms. The van der Waals surface area contributed by atoms with Crippen LogP contribution in [0.3, 0.4) is 0 Å². The Morgan fingerprint density at radius 2 is 1.97 bits per heavy atom. The van der Waals surface area contributed by atoms with Gasteiger partial charge in [0.1, 0.15) is 5.82 Å². The number of pyridine rings is 1. The van der Waals surface area contributed by atoms with E-state index in [4.69, 9.17) is 9.97 Å². The lowest BCUT2D eigenvalue weighted by molar-refractivity contribution is 0.593. The highest BCUT2D eigenvalue weighted by atomic mass is 19.1. The van der Waals surface area contributed by atoms with E-state index in [0.717, 1.165) is 24.8 Å². The van der Waals surface area contributed by atoms with Crippen LogP contribution in [0.15, 0.2) is 48.9 Å². The number of nitrogens with one attached hydrogen (secondary N) is 2. The fourth-order valence-corrected chi connectivity index (χ4v) is 4.84. The van der Waals surface area contributed by atoms with Crippen LogP contribution in [0.2, 0.25) is 0 Å². The molecule has 2 N–H and O–H groups in total. The van der Waals surface area contributed by atoms with E-state index in [0.29, 0.717) is 23.0 Å². The van der Waals surface area contributed by atoms with Crippen LogP contribution in [0, 0.1) is 5.82 Å². The maximum atomic E-state index is 13.9. The molecule has 0 aliphatic heterocycles. The van der Waals surface area contributed by atoms with E-state index >= 15 is 0 Å². The molecule has 7 nitrogen and oxygen atoms in total. The molecule has 0 saturated heterocycles. The number of benzene rings is 1. The van der Waals surface area contributed by atoms with Gasteiger partial charge in [-0.3, -0.25) is 4.98 Å². The molecule has 5 aromatic rings.